The molecule has 1 fully saturated rings. The van der Waals surface area contributed by atoms with Gasteiger partial charge in [0.2, 0.25) is 5.95 Å². The highest BCUT2D eigenvalue weighted by atomic mass is 16.5. The van der Waals surface area contributed by atoms with Crippen LogP contribution in [0.5, 0.6) is 0 Å². The minimum atomic E-state index is 0.645. The van der Waals surface area contributed by atoms with Gasteiger partial charge >= 0.3 is 0 Å². The van der Waals surface area contributed by atoms with Gasteiger partial charge in [0.1, 0.15) is 5.52 Å². The van der Waals surface area contributed by atoms with E-state index >= 15 is 0 Å². The quantitative estimate of drug-likeness (QED) is 0.819. The van der Waals surface area contributed by atoms with Crippen molar-refractivity contribution in [3.05, 3.63) is 23.3 Å². The summed E-state index contributed by atoms with van der Waals surface area (Å²) in [4.78, 5) is 7.10. The molecule has 1 N–H and O–H groups in total. The summed E-state index contributed by atoms with van der Waals surface area (Å²) in [5, 5.41) is 11.9. The van der Waals surface area contributed by atoms with Crippen molar-refractivity contribution in [3.63, 3.8) is 0 Å². The van der Waals surface area contributed by atoms with Crippen molar-refractivity contribution < 1.29 is 4.74 Å². The van der Waals surface area contributed by atoms with E-state index in [9.17, 15) is 0 Å². The summed E-state index contributed by atoms with van der Waals surface area (Å²) in [6, 6.07) is 4.35. The Hall–Kier alpha value is -1.79. The largest absolute Gasteiger partial charge is 0.379 e. The van der Waals surface area contributed by atoms with Crippen LogP contribution in [0.1, 0.15) is 30.4 Å². The van der Waals surface area contributed by atoms with E-state index in [1.807, 2.05) is 0 Å². The van der Waals surface area contributed by atoms with Crippen LogP contribution in [0.25, 0.3) is 11.0 Å². The first kappa shape index (κ1) is 15.7. The van der Waals surface area contributed by atoms with Crippen LogP contribution in [0.4, 0.5) is 5.95 Å². The summed E-state index contributed by atoms with van der Waals surface area (Å²) in [5.41, 5.74) is 4.72. The highest BCUT2D eigenvalue weighted by Gasteiger charge is 2.13. The summed E-state index contributed by atoms with van der Waals surface area (Å²) in [7, 11) is 0. The normalized spacial score (nSPS) is 18.0. The minimum Gasteiger partial charge on any atom is -0.379 e. The summed E-state index contributed by atoms with van der Waals surface area (Å²) >= 11 is 0. The second-order valence-corrected chi connectivity index (χ2v) is 6.69. The molecule has 0 atom stereocenters. The van der Waals surface area contributed by atoms with Gasteiger partial charge in [-0.3, -0.25) is 4.90 Å². The minimum absolute atomic E-state index is 0.645. The molecular weight excluding hydrogens is 302 g/mol. The summed E-state index contributed by atoms with van der Waals surface area (Å²) in [5.74, 6) is 0.645. The number of ether oxygens (including phenoxy) is 1. The summed E-state index contributed by atoms with van der Waals surface area (Å²) in [6.07, 6.45) is 5.87. The number of hydrogen-bond acceptors (Lipinski definition) is 6. The molecule has 0 spiro atoms. The van der Waals surface area contributed by atoms with E-state index in [2.05, 4.69) is 37.5 Å². The monoisotopic (exact) mass is 327 g/mol. The van der Waals surface area contributed by atoms with Crippen LogP contribution >= 0.6 is 0 Å². The molecule has 1 aliphatic heterocycles. The van der Waals surface area contributed by atoms with Gasteiger partial charge in [0.05, 0.1) is 18.7 Å². The Morgan fingerprint density at radius 3 is 2.62 bits per heavy atom. The van der Waals surface area contributed by atoms with Gasteiger partial charge in [0.25, 0.3) is 0 Å². The third-order valence-corrected chi connectivity index (χ3v) is 4.96. The van der Waals surface area contributed by atoms with E-state index in [4.69, 9.17) is 4.74 Å². The van der Waals surface area contributed by atoms with Crippen LogP contribution in [-0.4, -0.2) is 59.5 Å². The van der Waals surface area contributed by atoms with Crippen molar-refractivity contribution in [2.75, 3.05) is 44.7 Å². The van der Waals surface area contributed by atoms with E-state index in [1.165, 1.54) is 30.4 Å². The van der Waals surface area contributed by atoms with Crippen molar-refractivity contribution in [3.8, 4) is 0 Å². The average molecular weight is 327 g/mol. The first-order valence-electron chi connectivity index (χ1n) is 9.09. The highest BCUT2D eigenvalue weighted by molar-refractivity contribution is 5.77. The van der Waals surface area contributed by atoms with Crippen LogP contribution in [0.2, 0.25) is 0 Å². The molecule has 24 heavy (non-hydrogen) atoms. The number of aromatic nitrogens is 3. The lowest BCUT2D eigenvalue weighted by Crippen LogP contribution is -2.36. The van der Waals surface area contributed by atoms with Gasteiger partial charge in [0.15, 0.2) is 0 Å². The van der Waals surface area contributed by atoms with Gasteiger partial charge in [-0.2, -0.15) is 0 Å². The summed E-state index contributed by atoms with van der Waals surface area (Å²) < 4.78 is 5.37. The third kappa shape index (κ3) is 3.65. The fraction of sp³-hybridized carbons (Fsp3) is 0.611. The number of hydrogen-bond donors (Lipinski definition) is 1. The molecule has 0 amide bonds. The number of morpholine rings is 1. The molecule has 1 aliphatic carbocycles. The Labute approximate surface area is 142 Å². The first-order chi connectivity index (χ1) is 11.9. The van der Waals surface area contributed by atoms with E-state index in [1.54, 1.807) is 0 Å². The third-order valence-electron chi connectivity index (χ3n) is 4.96. The number of benzene rings is 1. The molecular formula is C18H25N5O. The molecule has 128 valence electrons. The zero-order chi connectivity index (χ0) is 16.2. The number of fused-ring (bicyclic) bond motifs is 2. The van der Waals surface area contributed by atoms with E-state index in [-0.39, 0.29) is 0 Å². The van der Waals surface area contributed by atoms with Crippen molar-refractivity contribution in [2.45, 2.75) is 32.1 Å². The zero-order valence-corrected chi connectivity index (χ0v) is 14.1. The van der Waals surface area contributed by atoms with Crippen LogP contribution in [0.15, 0.2) is 12.1 Å². The lowest BCUT2D eigenvalue weighted by Gasteiger charge is -2.26. The highest BCUT2D eigenvalue weighted by Crippen LogP contribution is 2.25. The maximum absolute atomic E-state index is 5.37. The Morgan fingerprint density at radius 1 is 1.00 bits per heavy atom. The van der Waals surface area contributed by atoms with Crippen LogP contribution in [-0.2, 0) is 17.6 Å². The molecule has 2 heterocycles. The molecule has 6 nitrogen and oxygen atoms in total. The molecule has 1 saturated heterocycles. The molecule has 0 unspecified atom stereocenters. The van der Waals surface area contributed by atoms with E-state index < -0.39 is 0 Å². The van der Waals surface area contributed by atoms with Gasteiger partial charge in [-0.05, 0) is 61.9 Å². The van der Waals surface area contributed by atoms with Gasteiger partial charge < -0.3 is 10.1 Å². The van der Waals surface area contributed by atoms with Crippen molar-refractivity contribution in [1.82, 2.24) is 20.1 Å². The van der Waals surface area contributed by atoms with Crippen molar-refractivity contribution in [2.24, 2.45) is 0 Å². The second-order valence-electron chi connectivity index (χ2n) is 6.69. The number of nitrogens with zero attached hydrogens (tertiary/aromatic N) is 4. The fourth-order valence-electron chi connectivity index (χ4n) is 3.57. The van der Waals surface area contributed by atoms with Crippen molar-refractivity contribution >= 4 is 17.0 Å². The average Bonchev–Trinajstić information content (AvgIpc) is 3.07. The molecule has 1 aromatic carbocycles. The molecule has 0 radical (unpaired) electrons. The maximum atomic E-state index is 5.37. The Balaban J connectivity index is 1.28. The second kappa shape index (κ2) is 7.40. The summed E-state index contributed by atoms with van der Waals surface area (Å²) in [6.45, 7) is 5.92. The molecule has 1 aromatic heterocycles. The van der Waals surface area contributed by atoms with Crippen LogP contribution < -0.4 is 5.32 Å². The Morgan fingerprint density at radius 2 is 1.79 bits per heavy atom. The zero-order valence-electron chi connectivity index (χ0n) is 14.1. The van der Waals surface area contributed by atoms with Gasteiger partial charge in [0, 0.05) is 19.6 Å². The molecule has 4 rings (SSSR count). The Kier molecular flexibility index (Phi) is 4.85. The predicted octanol–water partition coefficient (Wildman–Crippen LogP) is 2.04. The number of unbranched alkanes of at least 4 members (excludes halogenated alkanes) is 1. The smallest absolute Gasteiger partial charge is 0.243 e. The first-order valence-corrected chi connectivity index (χ1v) is 9.09. The van der Waals surface area contributed by atoms with Gasteiger partial charge in [-0.25, -0.2) is 4.98 Å². The number of nitrogens with one attached hydrogen (secondary N) is 1. The van der Waals surface area contributed by atoms with E-state index in [0.29, 0.717) is 5.95 Å². The molecule has 0 bridgehead atoms. The fourth-order valence-corrected chi connectivity index (χ4v) is 3.57. The Bertz CT molecular complexity index is 699. The lowest BCUT2D eigenvalue weighted by atomic mass is 10.1. The van der Waals surface area contributed by atoms with Crippen molar-refractivity contribution in [1.29, 1.82) is 0 Å². The topological polar surface area (TPSA) is 63.2 Å². The standard InChI is InChI=1S/C18H25N5O/c1(2-7-23-8-10-24-11-9-23)6-19-18-20-16-12-14-4-3-5-15(14)13-17(16)21-22-18/h12-13H,1-11H2,(H,19,20,22). The number of rotatable bonds is 6. The van der Waals surface area contributed by atoms with Gasteiger partial charge in [-0.15, -0.1) is 10.2 Å². The predicted molar refractivity (Wildman–Crippen MR) is 94.3 cm³/mol. The SMILES string of the molecule is c1c2c(cc3nc(NCCCCN4CCOCC4)nnc13)CCC2. The molecule has 6 heteroatoms. The maximum Gasteiger partial charge on any atom is 0.243 e. The van der Waals surface area contributed by atoms with Crippen LogP contribution in [0.3, 0.4) is 0 Å². The number of aryl methyl sites for hydroxylation is 2. The molecule has 2 aliphatic rings. The number of anilines is 1. The molecule has 0 saturated carbocycles. The molecule has 2 aromatic rings. The lowest BCUT2D eigenvalue weighted by molar-refractivity contribution is 0.0373. The van der Waals surface area contributed by atoms with Crippen LogP contribution in [0, 0.1) is 0 Å². The van der Waals surface area contributed by atoms with E-state index in [0.717, 1.165) is 63.3 Å². The van der Waals surface area contributed by atoms with Gasteiger partial charge in [-0.1, -0.05) is 0 Å².